The molecular formula is C14H26N4O2. The topological polar surface area (TPSA) is 76.5 Å². The Morgan fingerprint density at radius 2 is 2.05 bits per heavy atom. The number of nitrogens with two attached hydrogens (primary N) is 1. The number of hydrogen-bond acceptors (Lipinski definition) is 5. The standard InChI is InChI=1S/C14H26N4O2/c1-10(2)13-12(15)14(17(3)16-13)18-6-4-11(5-7-18)20-9-8-19/h10-11,19H,4-9,15H2,1-3H3. The third-order valence-electron chi connectivity index (χ3n) is 3.81. The van der Waals surface area contributed by atoms with Crippen LogP contribution in [0.25, 0.3) is 0 Å². The van der Waals surface area contributed by atoms with Crippen molar-refractivity contribution in [3.8, 4) is 0 Å². The number of nitrogen functional groups attached to an aromatic ring is 1. The molecule has 0 amide bonds. The lowest BCUT2D eigenvalue weighted by Crippen LogP contribution is -2.38. The number of aryl methyl sites for hydroxylation is 1. The summed E-state index contributed by atoms with van der Waals surface area (Å²) in [5.74, 6) is 1.36. The van der Waals surface area contributed by atoms with Gasteiger partial charge in [-0.3, -0.25) is 4.68 Å². The van der Waals surface area contributed by atoms with Crippen molar-refractivity contribution in [1.82, 2.24) is 9.78 Å². The molecule has 2 heterocycles. The number of aromatic nitrogens is 2. The number of aliphatic hydroxyl groups excluding tert-OH is 1. The summed E-state index contributed by atoms with van der Waals surface area (Å²) in [6, 6.07) is 0. The van der Waals surface area contributed by atoms with E-state index in [4.69, 9.17) is 15.6 Å². The Morgan fingerprint density at radius 3 is 2.55 bits per heavy atom. The van der Waals surface area contributed by atoms with Crippen molar-refractivity contribution in [1.29, 1.82) is 0 Å². The Labute approximate surface area is 120 Å². The SMILES string of the molecule is CC(C)c1nn(C)c(N2CCC(OCCO)CC2)c1N. The van der Waals surface area contributed by atoms with Crippen LogP contribution in [-0.4, -0.2) is 47.3 Å². The highest BCUT2D eigenvalue weighted by Crippen LogP contribution is 2.32. The predicted octanol–water partition coefficient (Wildman–Crippen LogP) is 1.10. The van der Waals surface area contributed by atoms with Crippen molar-refractivity contribution in [2.75, 3.05) is 36.9 Å². The van der Waals surface area contributed by atoms with E-state index in [0.717, 1.165) is 43.1 Å². The molecule has 6 heteroatoms. The molecule has 20 heavy (non-hydrogen) atoms. The second-order valence-electron chi connectivity index (χ2n) is 5.68. The minimum Gasteiger partial charge on any atom is -0.394 e. The normalized spacial score (nSPS) is 17.1. The van der Waals surface area contributed by atoms with Crippen LogP contribution < -0.4 is 10.6 Å². The minimum absolute atomic E-state index is 0.0899. The van der Waals surface area contributed by atoms with Crippen molar-refractivity contribution < 1.29 is 9.84 Å². The van der Waals surface area contributed by atoms with E-state index in [1.165, 1.54) is 0 Å². The van der Waals surface area contributed by atoms with Gasteiger partial charge in [0.1, 0.15) is 5.82 Å². The van der Waals surface area contributed by atoms with Crippen molar-refractivity contribution >= 4 is 11.5 Å². The number of aliphatic hydroxyl groups is 1. The molecule has 114 valence electrons. The summed E-state index contributed by atoms with van der Waals surface area (Å²) >= 11 is 0. The molecule has 0 unspecified atom stereocenters. The second kappa shape index (κ2) is 6.45. The fraction of sp³-hybridized carbons (Fsp3) is 0.786. The molecule has 6 nitrogen and oxygen atoms in total. The van der Waals surface area contributed by atoms with Crippen LogP contribution in [0.2, 0.25) is 0 Å². The molecule has 1 aliphatic rings. The average Bonchev–Trinajstić information content (AvgIpc) is 2.73. The van der Waals surface area contributed by atoms with Crippen molar-refractivity contribution in [3.63, 3.8) is 0 Å². The van der Waals surface area contributed by atoms with Crippen molar-refractivity contribution in [3.05, 3.63) is 5.69 Å². The van der Waals surface area contributed by atoms with Gasteiger partial charge in [-0.2, -0.15) is 5.10 Å². The summed E-state index contributed by atoms with van der Waals surface area (Å²) in [4.78, 5) is 2.28. The van der Waals surface area contributed by atoms with Gasteiger partial charge < -0.3 is 20.5 Å². The van der Waals surface area contributed by atoms with Gasteiger partial charge in [0.05, 0.1) is 30.7 Å². The molecule has 1 saturated heterocycles. The van der Waals surface area contributed by atoms with Gasteiger partial charge in [-0.05, 0) is 18.8 Å². The highest BCUT2D eigenvalue weighted by atomic mass is 16.5. The summed E-state index contributed by atoms with van der Waals surface area (Å²) < 4.78 is 7.48. The molecule has 0 saturated carbocycles. The zero-order valence-corrected chi connectivity index (χ0v) is 12.7. The zero-order valence-electron chi connectivity index (χ0n) is 12.7. The van der Waals surface area contributed by atoms with Gasteiger partial charge in [-0.25, -0.2) is 0 Å². The predicted molar refractivity (Wildman–Crippen MR) is 80.0 cm³/mol. The lowest BCUT2D eigenvalue weighted by atomic mass is 10.1. The van der Waals surface area contributed by atoms with Crippen LogP contribution in [0.3, 0.4) is 0 Å². The van der Waals surface area contributed by atoms with Crippen LogP contribution in [0.1, 0.15) is 38.3 Å². The van der Waals surface area contributed by atoms with Crippen LogP contribution in [0.5, 0.6) is 0 Å². The lowest BCUT2D eigenvalue weighted by molar-refractivity contribution is 0.0158. The van der Waals surface area contributed by atoms with E-state index >= 15 is 0 Å². The maximum absolute atomic E-state index is 8.79. The first-order valence-electron chi connectivity index (χ1n) is 7.34. The summed E-state index contributed by atoms with van der Waals surface area (Å²) in [6.07, 6.45) is 2.17. The number of hydrogen-bond donors (Lipinski definition) is 2. The lowest BCUT2D eigenvalue weighted by Gasteiger charge is -2.33. The van der Waals surface area contributed by atoms with E-state index in [2.05, 4.69) is 23.8 Å². The molecule has 0 aromatic carbocycles. The van der Waals surface area contributed by atoms with E-state index in [9.17, 15) is 0 Å². The largest absolute Gasteiger partial charge is 0.394 e. The Bertz CT molecular complexity index is 437. The second-order valence-corrected chi connectivity index (χ2v) is 5.68. The van der Waals surface area contributed by atoms with Crippen molar-refractivity contribution in [2.24, 2.45) is 7.05 Å². The summed E-state index contributed by atoms with van der Waals surface area (Å²) in [6.45, 7) is 6.56. The minimum atomic E-state index is 0.0899. The van der Waals surface area contributed by atoms with Gasteiger partial charge >= 0.3 is 0 Å². The van der Waals surface area contributed by atoms with Gasteiger partial charge in [0.2, 0.25) is 0 Å². The molecule has 1 aromatic rings. The molecule has 1 aromatic heterocycles. The van der Waals surface area contributed by atoms with E-state index in [0.29, 0.717) is 12.5 Å². The Balaban J connectivity index is 2.04. The molecule has 0 radical (unpaired) electrons. The third-order valence-corrected chi connectivity index (χ3v) is 3.81. The smallest absolute Gasteiger partial charge is 0.150 e. The number of piperidine rings is 1. The zero-order chi connectivity index (χ0) is 14.7. The molecule has 1 fully saturated rings. The van der Waals surface area contributed by atoms with E-state index in [1.807, 2.05) is 11.7 Å². The number of ether oxygens (including phenoxy) is 1. The van der Waals surface area contributed by atoms with Gasteiger partial charge in [0, 0.05) is 20.1 Å². The molecule has 0 bridgehead atoms. The van der Waals surface area contributed by atoms with E-state index in [-0.39, 0.29) is 12.7 Å². The first-order chi connectivity index (χ1) is 9.54. The Hall–Kier alpha value is -1.27. The summed E-state index contributed by atoms with van der Waals surface area (Å²) in [5.41, 5.74) is 8.04. The molecule has 3 N–H and O–H groups in total. The van der Waals surface area contributed by atoms with E-state index in [1.54, 1.807) is 0 Å². The summed E-state index contributed by atoms with van der Waals surface area (Å²) in [7, 11) is 1.95. The first-order valence-corrected chi connectivity index (χ1v) is 7.34. The molecular weight excluding hydrogens is 256 g/mol. The fourth-order valence-electron chi connectivity index (χ4n) is 2.81. The number of anilines is 2. The highest BCUT2D eigenvalue weighted by Gasteiger charge is 2.25. The first kappa shape index (κ1) is 15.1. The van der Waals surface area contributed by atoms with Gasteiger partial charge in [0.15, 0.2) is 0 Å². The molecule has 0 atom stereocenters. The fourth-order valence-corrected chi connectivity index (χ4v) is 2.81. The number of rotatable bonds is 5. The molecule has 0 spiro atoms. The average molecular weight is 282 g/mol. The molecule has 0 aliphatic carbocycles. The van der Waals surface area contributed by atoms with Crippen LogP contribution in [-0.2, 0) is 11.8 Å². The van der Waals surface area contributed by atoms with Gasteiger partial charge in [-0.1, -0.05) is 13.8 Å². The van der Waals surface area contributed by atoms with Crippen LogP contribution in [0.15, 0.2) is 0 Å². The quantitative estimate of drug-likeness (QED) is 0.846. The molecule has 1 aliphatic heterocycles. The van der Waals surface area contributed by atoms with Crippen LogP contribution in [0.4, 0.5) is 11.5 Å². The van der Waals surface area contributed by atoms with Gasteiger partial charge in [-0.15, -0.1) is 0 Å². The van der Waals surface area contributed by atoms with Gasteiger partial charge in [0.25, 0.3) is 0 Å². The monoisotopic (exact) mass is 282 g/mol. The third kappa shape index (κ3) is 3.07. The van der Waals surface area contributed by atoms with Crippen LogP contribution in [0, 0.1) is 0 Å². The highest BCUT2D eigenvalue weighted by molar-refractivity contribution is 5.67. The van der Waals surface area contributed by atoms with E-state index < -0.39 is 0 Å². The Kier molecular flexibility index (Phi) is 4.88. The molecule has 2 rings (SSSR count). The van der Waals surface area contributed by atoms with Crippen LogP contribution >= 0.6 is 0 Å². The number of nitrogens with zero attached hydrogens (tertiary/aromatic N) is 3. The maximum atomic E-state index is 8.79. The van der Waals surface area contributed by atoms with Crippen molar-refractivity contribution in [2.45, 2.75) is 38.7 Å². The Morgan fingerprint density at radius 1 is 1.40 bits per heavy atom. The maximum Gasteiger partial charge on any atom is 0.150 e. The summed E-state index contributed by atoms with van der Waals surface area (Å²) in [5, 5.41) is 13.3.